The lowest BCUT2D eigenvalue weighted by Crippen LogP contribution is -2.36. The second kappa shape index (κ2) is 7.13. The van der Waals surface area contributed by atoms with Crippen molar-refractivity contribution in [2.24, 2.45) is 0 Å². The van der Waals surface area contributed by atoms with Crippen LogP contribution in [-0.4, -0.2) is 36.0 Å². The van der Waals surface area contributed by atoms with E-state index in [1.165, 1.54) is 6.42 Å². The number of methoxy groups -OCH3 is 1. The number of nitrogens with zero attached hydrogens (tertiary/aromatic N) is 2. The summed E-state index contributed by atoms with van der Waals surface area (Å²) < 4.78 is 5.42. The van der Waals surface area contributed by atoms with E-state index in [4.69, 9.17) is 4.74 Å². The number of benzene rings is 1. The van der Waals surface area contributed by atoms with E-state index in [1.54, 1.807) is 18.4 Å². The highest BCUT2D eigenvalue weighted by Crippen LogP contribution is 2.34. The van der Waals surface area contributed by atoms with Crippen LogP contribution >= 0.6 is 11.3 Å². The molecule has 1 aliphatic rings. The Balaban J connectivity index is 1.79. The van der Waals surface area contributed by atoms with E-state index < -0.39 is 0 Å². The van der Waals surface area contributed by atoms with Gasteiger partial charge in [0.2, 0.25) is 5.91 Å². The summed E-state index contributed by atoms with van der Waals surface area (Å²) in [6.45, 7) is 3.78. The molecule has 0 unspecified atom stereocenters. The zero-order valence-corrected chi connectivity index (χ0v) is 14.5. The fraction of sp³-hybridized carbons (Fsp3) is 0.444. The van der Waals surface area contributed by atoms with E-state index in [9.17, 15) is 4.79 Å². The van der Waals surface area contributed by atoms with E-state index in [1.807, 2.05) is 36.1 Å². The maximum absolute atomic E-state index is 12.5. The van der Waals surface area contributed by atoms with Gasteiger partial charge in [-0.05, 0) is 38.3 Å². The molecule has 122 valence electrons. The molecule has 4 nitrogen and oxygen atoms in total. The van der Waals surface area contributed by atoms with E-state index in [0.29, 0.717) is 6.42 Å². The fourth-order valence-electron chi connectivity index (χ4n) is 2.92. The Morgan fingerprint density at radius 3 is 2.74 bits per heavy atom. The lowest BCUT2D eigenvalue weighted by atomic mass is 10.1. The molecule has 0 atom stereocenters. The summed E-state index contributed by atoms with van der Waals surface area (Å²) in [4.78, 5) is 20.2. The number of hydrogen-bond acceptors (Lipinski definition) is 4. The van der Waals surface area contributed by atoms with Crippen molar-refractivity contribution in [1.82, 2.24) is 9.88 Å². The Kier molecular flexibility index (Phi) is 4.96. The van der Waals surface area contributed by atoms with Crippen LogP contribution in [-0.2, 0) is 11.2 Å². The third-order valence-corrected chi connectivity index (χ3v) is 5.44. The van der Waals surface area contributed by atoms with E-state index in [2.05, 4.69) is 4.98 Å². The Labute approximate surface area is 141 Å². The average Bonchev–Trinajstić information content (AvgIpc) is 2.96. The maximum atomic E-state index is 12.5. The first-order chi connectivity index (χ1) is 11.2. The minimum absolute atomic E-state index is 0.225. The van der Waals surface area contributed by atoms with E-state index >= 15 is 0 Å². The van der Waals surface area contributed by atoms with Crippen molar-refractivity contribution >= 4 is 17.2 Å². The number of aryl methyl sites for hydroxylation is 1. The minimum Gasteiger partial charge on any atom is -0.496 e. The molecule has 1 amide bonds. The van der Waals surface area contributed by atoms with Crippen molar-refractivity contribution in [3.05, 3.63) is 34.8 Å². The number of ether oxygens (including phenoxy) is 1. The highest BCUT2D eigenvalue weighted by molar-refractivity contribution is 7.15. The van der Waals surface area contributed by atoms with Gasteiger partial charge >= 0.3 is 0 Å². The molecule has 1 aliphatic heterocycles. The van der Waals surface area contributed by atoms with Crippen LogP contribution < -0.4 is 4.74 Å². The van der Waals surface area contributed by atoms with Gasteiger partial charge in [-0.2, -0.15) is 0 Å². The molecule has 2 heterocycles. The first kappa shape index (κ1) is 16.0. The van der Waals surface area contributed by atoms with Crippen LogP contribution in [0.25, 0.3) is 10.6 Å². The molecule has 1 fully saturated rings. The number of aromatic nitrogens is 1. The number of hydrogen-bond donors (Lipinski definition) is 0. The third-order valence-electron chi connectivity index (χ3n) is 4.25. The number of carbonyl (C=O) groups excluding carboxylic acids is 1. The van der Waals surface area contributed by atoms with Gasteiger partial charge in [0.15, 0.2) is 0 Å². The van der Waals surface area contributed by atoms with Crippen LogP contribution in [0, 0.1) is 6.92 Å². The number of likely N-dealkylation sites (tertiary alicyclic amines) is 1. The second-order valence-corrected chi connectivity index (χ2v) is 6.93. The summed E-state index contributed by atoms with van der Waals surface area (Å²) in [7, 11) is 1.67. The molecule has 1 aromatic heterocycles. The normalized spacial score (nSPS) is 14.8. The molecule has 1 saturated heterocycles. The van der Waals surface area contributed by atoms with E-state index in [0.717, 1.165) is 52.8 Å². The lowest BCUT2D eigenvalue weighted by Gasteiger charge is -2.26. The van der Waals surface area contributed by atoms with Crippen molar-refractivity contribution in [1.29, 1.82) is 0 Å². The molecule has 0 radical (unpaired) electrons. The molecule has 1 aromatic carbocycles. The first-order valence-corrected chi connectivity index (χ1v) is 8.88. The molecule has 0 aliphatic carbocycles. The summed E-state index contributed by atoms with van der Waals surface area (Å²) in [6, 6.07) is 7.87. The number of rotatable bonds is 4. The van der Waals surface area contributed by atoms with Crippen molar-refractivity contribution in [2.75, 3.05) is 20.2 Å². The molecule has 0 saturated carbocycles. The molecule has 0 bridgehead atoms. The number of thiazole rings is 1. The average molecular weight is 330 g/mol. The SMILES string of the molecule is COc1ccccc1-c1nc(C)c(CC(=O)N2CCCCC2)s1. The fourth-order valence-corrected chi connectivity index (χ4v) is 4.00. The standard InChI is InChI=1S/C18H22N2O2S/c1-13-16(12-17(21)20-10-6-3-7-11-20)23-18(19-13)14-8-4-5-9-15(14)22-2/h4-5,8-9H,3,6-7,10-12H2,1-2H3. The van der Waals surface area contributed by atoms with Crippen molar-refractivity contribution in [2.45, 2.75) is 32.6 Å². The van der Waals surface area contributed by atoms with Crippen LogP contribution in [0.2, 0.25) is 0 Å². The summed E-state index contributed by atoms with van der Waals surface area (Å²) in [5.74, 6) is 1.04. The molecule has 2 aromatic rings. The third kappa shape index (κ3) is 3.55. The van der Waals surface area contributed by atoms with Gasteiger partial charge in [-0.15, -0.1) is 11.3 Å². The Bertz CT molecular complexity index is 690. The minimum atomic E-state index is 0.225. The lowest BCUT2D eigenvalue weighted by molar-refractivity contribution is -0.131. The summed E-state index contributed by atoms with van der Waals surface area (Å²) in [6.07, 6.45) is 3.94. The molecule has 3 rings (SSSR count). The molecular formula is C18H22N2O2S. The number of piperidine rings is 1. The van der Waals surface area contributed by atoms with Gasteiger partial charge in [0.05, 0.1) is 24.8 Å². The summed E-state index contributed by atoms with van der Waals surface area (Å²) in [5, 5.41) is 0.918. The first-order valence-electron chi connectivity index (χ1n) is 8.06. The van der Waals surface area contributed by atoms with Crippen LogP contribution in [0.1, 0.15) is 29.8 Å². The van der Waals surface area contributed by atoms with Crippen LogP contribution in [0.15, 0.2) is 24.3 Å². The van der Waals surface area contributed by atoms with Crippen LogP contribution in [0.5, 0.6) is 5.75 Å². The van der Waals surface area contributed by atoms with Crippen LogP contribution in [0.3, 0.4) is 0 Å². The van der Waals surface area contributed by atoms with Gasteiger partial charge in [0.1, 0.15) is 10.8 Å². The quantitative estimate of drug-likeness (QED) is 0.859. The molecule has 5 heteroatoms. The van der Waals surface area contributed by atoms with Gasteiger partial charge in [-0.25, -0.2) is 4.98 Å². The van der Waals surface area contributed by atoms with Gasteiger partial charge in [0.25, 0.3) is 0 Å². The molecule has 0 spiro atoms. The monoisotopic (exact) mass is 330 g/mol. The predicted octanol–water partition coefficient (Wildman–Crippen LogP) is 3.68. The molecular weight excluding hydrogens is 308 g/mol. The Morgan fingerprint density at radius 1 is 1.26 bits per heavy atom. The van der Waals surface area contributed by atoms with Crippen molar-refractivity contribution in [3.63, 3.8) is 0 Å². The van der Waals surface area contributed by atoms with E-state index in [-0.39, 0.29) is 5.91 Å². The largest absolute Gasteiger partial charge is 0.496 e. The predicted molar refractivity (Wildman–Crippen MR) is 93.0 cm³/mol. The highest BCUT2D eigenvalue weighted by Gasteiger charge is 2.20. The second-order valence-electron chi connectivity index (χ2n) is 5.85. The highest BCUT2D eigenvalue weighted by atomic mass is 32.1. The van der Waals surface area contributed by atoms with Crippen LogP contribution in [0.4, 0.5) is 0 Å². The molecule has 23 heavy (non-hydrogen) atoms. The van der Waals surface area contributed by atoms with Gasteiger partial charge in [0, 0.05) is 18.0 Å². The van der Waals surface area contributed by atoms with Gasteiger partial charge in [-0.1, -0.05) is 12.1 Å². The topological polar surface area (TPSA) is 42.4 Å². The number of carbonyl (C=O) groups is 1. The zero-order chi connectivity index (χ0) is 16.2. The van der Waals surface area contributed by atoms with Crippen molar-refractivity contribution < 1.29 is 9.53 Å². The Morgan fingerprint density at radius 2 is 2.00 bits per heavy atom. The van der Waals surface area contributed by atoms with Gasteiger partial charge in [-0.3, -0.25) is 4.79 Å². The Hall–Kier alpha value is -1.88. The zero-order valence-electron chi connectivity index (χ0n) is 13.7. The number of para-hydroxylation sites is 1. The smallest absolute Gasteiger partial charge is 0.227 e. The molecule has 0 N–H and O–H groups in total. The van der Waals surface area contributed by atoms with Crippen molar-refractivity contribution in [3.8, 4) is 16.3 Å². The van der Waals surface area contributed by atoms with Gasteiger partial charge < -0.3 is 9.64 Å². The number of amides is 1. The summed E-state index contributed by atoms with van der Waals surface area (Å²) >= 11 is 1.60. The summed E-state index contributed by atoms with van der Waals surface area (Å²) in [5.41, 5.74) is 1.93. The maximum Gasteiger partial charge on any atom is 0.227 e.